The van der Waals surface area contributed by atoms with Crippen LogP contribution in [0.15, 0.2) is 29.7 Å². The number of aliphatic hydroxyl groups excluding tert-OH is 1. The van der Waals surface area contributed by atoms with Crippen molar-refractivity contribution in [2.45, 2.75) is 31.3 Å². The predicted octanol–water partition coefficient (Wildman–Crippen LogP) is 1.41. The van der Waals surface area contributed by atoms with Crippen molar-refractivity contribution < 1.29 is 14.7 Å². The van der Waals surface area contributed by atoms with Gasteiger partial charge in [0.25, 0.3) is 5.91 Å². The second-order valence-corrected chi connectivity index (χ2v) is 6.76. The van der Waals surface area contributed by atoms with Gasteiger partial charge in [-0.05, 0) is 30.7 Å². The highest BCUT2D eigenvalue weighted by Crippen LogP contribution is 2.23. The Kier molecular flexibility index (Phi) is 4.59. The lowest BCUT2D eigenvalue weighted by Crippen LogP contribution is -2.48. The van der Waals surface area contributed by atoms with Gasteiger partial charge >= 0.3 is 0 Å². The third-order valence-electron chi connectivity index (χ3n) is 4.28. The molecule has 22 heavy (non-hydrogen) atoms. The van der Waals surface area contributed by atoms with Gasteiger partial charge in [-0.2, -0.15) is 0 Å². The quantitative estimate of drug-likeness (QED) is 0.824. The molecule has 0 spiro atoms. The third-order valence-corrected chi connectivity index (χ3v) is 5.14. The smallest absolute Gasteiger partial charge is 0.264 e. The Morgan fingerprint density at radius 1 is 1.41 bits per heavy atom. The first-order valence-electron chi connectivity index (χ1n) is 7.63. The van der Waals surface area contributed by atoms with Crippen LogP contribution in [0.1, 0.15) is 28.9 Å². The number of aliphatic hydroxyl groups is 1. The number of hydrogen-bond donors (Lipinski definition) is 2. The van der Waals surface area contributed by atoms with Crippen LogP contribution in [0, 0.1) is 5.92 Å². The van der Waals surface area contributed by atoms with E-state index in [4.69, 9.17) is 5.11 Å². The van der Waals surface area contributed by atoms with Gasteiger partial charge in [-0.3, -0.25) is 9.59 Å². The number of nitrogens with zero attached hydrogens (tertiary/aromatic N) is 1. The van der Waals surface area contributed by atoms with Crippen molar-refractivity contribution in [2.24, 2.45) is 5.92 Å². The maximum absolute atomic E-state index is 12.5. The van der Waals surface area contributed by atoms with Gasteiger partial charge < -0.3 is 15.3 Å². The van der Waals surface area contributed by atoms with Gasteiger partial charge in [0.15, 0.2) is 0 Å². The number of carbonyl (C=O) groups excluding carboxylic acids is 2. The molecule has 2 heterocycles. The molecule has 2 aliphatic rings. The van der Waals surface area contributed by atoms with Crippen LogP contribution in [0.4, 0.5) is 0 Å². The lowest BCUT2D eigenvalue weighted by molar-refractivity contribution is -0.125. The van der Waals surface area contributed by atoms with Crippen molar-refractivity contribution in [1.29, 1.82) is 0 Å². The molecular formula is C16H20N2O3S. The summed E-state index contributed by atoms with van der Waals surface area (Å²) in [7, 11) is 0. The van der Waals surface area contributed by atoms with E-state index in [9.17, 15) is 9.59 Å². The van der Waals surface area contributed by atoms with Crippen molar-refractivity contribution in [3.8, 4) is 0 Å². The van der Waals surface area contributed by atoms with Gasteiger partial charge in [0.05, 0.1) is 4.88 Å². The van der Waals surface area contributed by atoms with Crippen LogP contribution in [-0.4, -0.2) is 47.1 Å². The van der Waals surface area contributed by atoms with Crippen LogP contribution in [0.3, 0.4) is 0 Å². The predicted molar refractivity (Wildman–Crippen MR) is 84.6 cm³/mol. The van der Waals surface area contributed by atoms with Gasteiger partial charge in [-0.1, -0.05) is 18.2 Å². The molecule has 1 aromatic heterocycles. The summed E-state index contributed by atoms with van der Waals surface area (Å²) < 4.78 is 0. The van der Waals surface area contributed by atoms with E-state index in [1.165, 1.54) is 11.3 Å². The molecule has 1 aliphatic heterocycles. The SMILES string of the molecule is O=C(N[C@@H]1C=C[C@H](CO)C1)[C@@H]1CCCN1C(=O)c1cccs1. The number of amides is 2. The molecule has 1 aliphatic carbocycles. The van der Waals surface area contributed by atoms with Gasteiger partial charge in [0.1, 0.15) is 6.04 Å². The van der Waals surface area contributed by atoms with Crippen molar-refractivity contribution in [1.82, 2.24) is 10.2 Å². The van der Waals surface area contributed by atoms with Crippen LogP contribution < -0.4 is 5.32 Å². The molecule has 5 nitrogen and oxygen atoms in total. The average Bonchev–Trinajstić information content (AvgIpc) is 3.26. The molecule has 3 rings (SSSR count). The van der Waals surface area contributed by atoms with Crippen LogP contribution in [0.5, 0.6) is 0 Å². The number of likely N-dealkylation sites (tertiary alicyclic amines) is 1. The molecule has 0 saturated carbocycles. The zero-order chi connectivity index (χ0) is 15.5. The molecule has 3 atom stereocenters. The molecule has 6 heteroatoms. The number of nitrogens with one attached hydrogen (secondary N) is 1. The van der Waals surface area contributed by atoms with Gasteiger partial charge in [-0.25, -0.2) is 0 Å². The van der Waals surface area contributed by atoms with Gasteiger partial charge in [0.2, 0.25) is 5.91 Å². The lowest BCUT2D eigenvalue weighted by Gasteiger charge is -2.25. The fourth-order valence-corrected chi connectivity index (χ4v) is 3.80. The van der Waals surface area contributed by atoms with Crippen molar-refractivity contribution in [3.05, 3.63) is 34.5 Å². The maximum atomic E-state index is 12.5. The molecule has 0 radical (unpaired) electrons. The summed E-state index contributed by atoms with van der Waals surface area (Å²) in [5.41, 5.74) is 0. The summed E-state index contributed by atoms with van der Waals surface area (Å²) in [6.45, 7) is 0.740. The molecule has 2 amide bonds. The minimum absolute atomic E-state index is 0.0380. The summed E-state index contributed by atoms with van der Waals surface area (Å²) in [5, 5.41) is 14.0. The summed E-state index contributed by atoms with van der Waals surface area (Å²) in [4.78, 5) is 27.3. The van der Waals surface area contributed by atoms with E-state index < -0.39 is 0 Å². The van der Waals surface area contributed by atoms with E-state index in [0.717, 1.165) is 12.8 Å². The molecule has 2 N–H and O–H groups in total. The van der Waals surface area contributed by atoms with E-state index in [1.807, 2.05) is 23.6 Å². The number of carbonyl (C=O) groups is 2. The summed E-state index contributed by atoms with van der Waals surface area (Å²) in [6, 6.07) is 3.23. The number of rotatable bonds is 4. The van der Waals surface area contributed by atoms with Crippen LogP contribution >= 0.6 is 11.3 Å². The first-order valence-corrected chi connectivity index (χ1v) is 8.51. The number of thiophene rings is 1. The average molecular weight is 320 g/mol. The molecule has 0 aromatic carbocycles. The lowest BCUT2D eigenvalue weighted by atomic mass is 10.1. The van der Waals surface area contributed by atoms with E-state index in [0.29, 0.717) is 17.8 Å². The second-order valence-electron chi connectivity index (χ2n) is 5.81. The molecule has 118 valence electrons. The summed E-state index contributed by atoms with van der Waals surface area (Å²) in [6.07, 6.45) is 6.17. The van der Waals surface area contributed by atoms with Crippen LogP contribution in [0.25, 0.3) is 0 Å². The number of hydrogen-bond acceptors (Lipinski definition) is 4. The molecule has 1 fully saturated rings. The monoisotopic (exact) mass is 320 g/mol. The topological polar surface area (TPSA) is 69.6 Å². The fraction of sp³-hybridized carbons (Fsp3) is 0.500. The Morgan fingerprint density at radius 3 is 2.95 bits per heavy atom. The molecule has 1 aromatic rings. The summed E-state index contributed by atoms with van der Waals surface area (Å²) >= 11 is 1.41. The molecule has 0 unspecified atom stereocenters. The zero-order valence-corrected chi connectivity index (χ0v) is 13.1. The van der Waals surface area contributed by atoms with Crippen molar-refractivity contribution >= 4 is 23.2 Å². The Labute approximate surface area is 133 Å². The minimum atomic E-state index is -0.379. The van der Waals surface area contributed by atoms with Crippen molar-refractivity contribution in [3.63, 3.8) is 0 Å². The van der Waals surface area contributed by atoms with E-state index in [1.54, 1.807) is 11.0 Å². The van der Waals surface area contributed by atoms with Gasteiger partial charge in [0, 0.05) is 25.1 Å². The Morgan fingerprint density at radius 2 is 2.27 bits per heavy atom. The van der Waals surface area contributed by atoms with Crippen LogP contribution in [0.2, 0.25) is 0 Å². The second kappa shape index (κ2) is 6.62. The molecule has 0 bridgehead atoms. The van der Waals surface area contributed by atoms with Crippen molar-refractivity contribution in [2.75, 3.05) is 13.2 Å². The third kappa shape index (κ3) is 3.08. The first-order chi connectivity index (χ1) is 10.7. The van der Waals surface area contributed by atoms with E-state index in [2.05, 4.69) is 5.32 Å². The fourth-order valence-electron chi connectivity index (χ4n) is 3.12. The Bertz CT molecular complexity index is 570. The van der Waals surface area contributed by atoms with Gasteiger partial charge in [-0.15, -0.1) is 11.3 Å². The zero-order valence-electron chi connectivity index (χ0n) is 12.3. The standard InChI is InChI=1S/C16H20N2O3S/c19-10-11-5-6-12(9-11)17-15(20)13-3-1-7-18(13)16(21)14-4-2-8-22-14/h2,4-6,8,11-13,19H,1,3,7,9-10H2,(H,17,20)/t11-,12+,13-/m0/s1. The van der Waals surface area contributed by atoms with Crippen LogP contribution in [-0.2, 0) is 4.79 Å². The highest BCUT2D eigenvalue weighted by atomic mass is 32.1. The normalized spacial score (nSPS) is 27.3. The van der Waals surface area contributed by atoms with E-state index in [-0.39, 0.29) is 36.4 Å². The Balaban J connectivity index is 1.62. The minimum Gasteiger partial charge on any atom is -0.396 e. The Hall–Kier alpha value is -1.66. The molecular weight excluding hydrogens is 300 g/mol. The highest BCUT2D eigenvalue weighted by molar-refractivity contribution is 7.12. The first kappa shape index (κ1) is 15.2. The van der Waals surface area contributed by atoms with E-state index >= 15 is 0 Å². The largest absolute Gasteiger partial charge is 0.396 e. The summed E-state index contributed by atoms with van der Waals surface area (Å²) in [5.74, 6) is -0.0174. The highest BCUT2D eigenvalue weighted by Gasteiger charge is 2.35. The maximum Gasteiger partial charge on any atom is 0.264 e. The molecule has 1 saturated heterocycles.